The number of amides is 1. The van der Waals surface area contributed by atoms with Crippen LogP contribution in [0.25, 0.3) is 0 Å². The van der Waals surface area contributed by atoms with Crippen molar-refractivity contribution in [3.63, 3.8) is 0 Å². The third-order valence-electron chi connectivity index (χ3n) is 5.54. The molecule has 2 aliphatic rings. The van der Waals surface area contributed by atoms with Crippen molar-refractivity contribution in [2.45, 2.75) is 45.6 Å². The molecule has 0 radical (unpaired) electrons. The Balaban J connectivity index is 1.53. The van der Waals surface area contributed by atoms with Gasteiger partial charge in [-0.3, -0.25) is 4.79 Å². The number of hydrogen-bond acceptors (Lipinski definition) is 6. The van der Waals surface area contributed by atoms with Gasteiger partial charge in [0.25, 0.3) is 17.1 Å². The summed E-state index contributed by atoms with van der Waals surface area (Å²) >= 11 is -1.79. The average Bonchev–Trinajstić information content (AvgIpc) is 3.38. The summed E-state index contributed by atoms with van der Waals surface area (Å²) in [5.74, 6) is 0.895. The zero-order valence-corrected chi connectivity index (χ0v) is 18.9. The number of para-hydroxylation sites is 1. The van der Waals surface area contributed by atoms with Crippen molar-refractivity contribution < 1.29 is 18.5 Å². The molecule has 1 amide bonds. The second-order valence-electron chi connectivity index (χ2n) is 7.92. The molecule has 1 fully saturated rings. The van der Waals surface area contributed by atoms with Crippen molar-refractivity contribution in [3.8, 4) is 5.75 Å². The van der Waals surface area contributed by atoms with E-state index in [1.165, 1.54) is 0 Å². The third-order valence-corrected chi connectivity index (χ3v) is 6.22. The summed E-state index contributed by atoms with van der Waals surface area (Å²) in [6.45, 7) is 5.31. The maximum Gasteiger partial charge on any atom is 0.269 e. The van der Waals surface area contributed by atoms with Crippen molar-refractivity contribution in [1.82, 2.24) is 10.2 Å². The Hall–Kier alpha value is -3.14. The van der Waals surface area contributed by atoms with Crippen LogP contribution in [-0.2, 0) is 11.2 Å². The Bertz CT molecular complexity index is 1090. The number of piperidine rings is 1. The molecule has 0 aliphatic carbocycles. The van der Waals surface area contributed by atoms with Gasteiger partial charge in [-0.25, -0.2) is 4.21 Å². The number of phenols is 1. The van der Waals surface area contributed by atoms with E-state index < -0.39 is 11.2 Å². The van der Waals surface area contributed by atoms with Gasteiger partial charge in [0.05, 0.1) is 23.6 Å². The average molecular weight is 458 g/mol. The molecule has 1 aromatic heterocycles. The first-order valence-corrected chi connectivity index (χ1v) is 11.8. The van der Waals surface area contributed by atoms with Crippen LogP contribution in [0, 0.1) is 6.92 Å². The lowest BCUT2D eigenvalue weighted by atomic mass is 10.1. The third kappa shape index (κ3) is 4.69. The normalized spacial score (nSPS) is 19.3. The Labute approximate surface area is 189 Å². The molecule has 3 N–H and O–H groups in total. The Morgan fingerprint density at radius 2 is 2.00 bits per heavy atom. The minimum absolute atomic E-state index is 0.170. The zero-order valence-electron chi connectivity index (χ0n) is 18.1. The van der Waals surface area contributed by atoms with Crippen LogP contribution in [0.3, 0.4) is 0 Å². The van der Waals surface area contributed by atoms with Gasteiger partial charge in [-0.15, -0.1) is 8.80 Å². The van der Waals surface area contributed by atoms with Gasteiger partial charge in [-0.2, -0.15) is 0 Å². The maximum atomic E-state index is 12.9. The van der Waals surface area contributed by atoms with Gasteiger partial charge in [-0.05, 0) is 56.4 Å². The van der Waals surface area contributed by atoms with Crippen LogP contribution in [-0.4, -0.2) is 44.9 Å². The van der Waals surface area contributed by atoms with Crippen molar-refractivity contribution in [2.24, 2.45) is 8.80 Å². The van der Waals surface area contributed by atoms with E-state index in [2.05, 4.69) is 19.4 Å². The topological polar surface area (TPSA) is 120 Å². The number of furan rings is 1. The molecule has 1 unspecified atom stereocenters. The van der Waals surface area contributed by atoms with Gasteiger partial charge in [0.15, 0.2) is 17.4 Å². The highest BCUT2D eigenvalue weighted by Crippen LogP contribution is 2.30. The lowest BCUT2D eigenvalue weighted by Crippen LogP contribution is -2.37. The molecule has 2 atom stereocenters. The van der Waals surface area contributed by atoms with E-state index in [-0.39, 0.29) is 29.1 Å². The van der Waals surface area contributed by atoms with E-state index >= 15 is 0 Å². The number of nitrogens with zero attached hydrogens (tertiary/aromatic N) is 3. The lowest BCUT2D eigenvalue weighted by Gasteiger charge is -2.27. The van der Waals surface area contributed by atoms with Gasteiger partial charge in [0, 0.05) is 13.1 Å². The molecular weight excluding hydrogens is 430 g/mol. The molecule has 170 valence electrons. The number of aromatic hydroxyl groups is 1. The van der Waals surface area contributed by atoms with Crippen LogP contribution >= 0.6 is 0 Å². The summed E-state index contributed by atoms with van der Waals surface area (Å²) in [6.07, 6.45) is 5.42. The molecule has 32 heavy (non-hydrogen) atoms. The van der Waals surface area contributed by atoms with Gasteiger partial charge >= 0.3 is 0 Å². The zero-order chi connectivity index (χ0) is 22.7. The minimum atomic E-state index is -1.79. The number of nitrogens with one attached hydrogen (secondary N) is 2. The number of carbonyl (C=O) groups is 1. The quantitative estimate of drug-likeness (QED) is 0.592. The number of rotatable bonds is 5. The Morgan fingerprint density at radius 1 is 1.25 bits per heavy atom. The molecule has 9 nitrogen and oxygen atoms in total. The summed E-state index contributed by atoms with van der Waals surface area (Å²) < 4.78 is 25.7. The molecule has 1 saturated heterocycles. The van der Waals surface area contributed by atoms with E-state index in [1.807, 2.05) is 19.9 Å². The van der Waals surface area contributed by atoms with Crippen LogP contribution in [0.4, 0.5) is 5.69 Å². The van der Waals surface area contributed by atoms with E-state index in [0.29, 0.717) is 31.0 Å². The molecule has 10 heteroatoms. The summed E-state index contributed by atoms with van der Waals surface area (Å²) in [5.41, 5.74) is 1.52. The summed E-state index contributed by atoms with van der Waals surface area (Å²) in [7, 11) is 0. The second kappa shape index (κ2) is 9.56. The summed E-state index contributed by atoms with van der Waals surface area (Å²) in [4.78, 5) is 14.6. The van der Waals surface area contributed by atoms with Crippen LogP contribution < -0.4 is 10.6 Å². The number of carbonyl (C=O) groups excluding carboxylic acids is 1. The van der Waals surface area contributed by atoms with Crippen LogP contribution in [0.15, 0.2) is 43.7 Å². The number of phenolic OH excluding ortho intramolecular Hbond substituents is 1. The highest BCUT2D eigenvalue weighted by molar-refractivity contribution is 7.83. The van der Waals surface area contributed by atoms with E-state index in [4.69, 9.17) is 4.42 Å². The van der Waals surface area contributed by atoms with Gasteiger partial charge in [0.2, 0.25) is 0 Å². The first kappa shape index (κ1) is 22.1. The van der Waals surface area contributed by atoms with E-state index in [1.54, 1.807) is 29.4 Å². The molecular formula is C22H27N5O4S. The smallest absolute Gasteiger partial charge is 0.269 e. The number of benzene rings is 1. The second-order valence-corrected chi connectivity index (χ2v) is 8.75. The SMILES string of the molecule is CC[C@@H](NC1=NS(=O)N=C1Nc1cccc(C(=O)N2CCCCC2)c1O)c1cc(C)co1. The maximum absolute atomic E-state index is 12.9. The van der Waals surface area contributed by atoms with Gasteiger partial charge in [0.1, 0.15) is 5.76 Å². The lowest BCUT2D eigenvalue weighted by molar-refractivity contribution is 0.0721. The minimum Gasteiger partial charge on any atom is -0.505 e. The molecule has 0 saturated carbocycles. The van der Waals surface area contributed by atoms with Crippen LogP contribution in [0.5, 0.6) is 5.75 Å². The first-order chi connectivity index (χ1) is 15.5. The molecule has 3 heterocycles. The highest BCUT2D eigenvalue weighted by atomic mass is 32.2. The first-order valence-electron chi connectivity index (χ1n) is 10.8. The predicted octanol–water partition coefficient (Wildman–Crippen LogP) is 3.46. The Kier molecular flexibility index (Phi) is 6.59. The molecule has 2 aromatic rings. The van der Waals surface area contributed by atoms with Gasteiger partial charge in [-0.1, -0.05) is 13.0 Å². The summed E-state index contributed by atoms with van der Waals surface area (Å²) in [6, 6.07) is 6.67. The fraction of sp³-hybridized carbons (Fsp3) is 0.409. The highest BCUT2D eigenvalue weighted by Gasteiger charge is 2.26. The molecule has 2 aliphatic heterocycles. The fourth-order valence-electron chi connectivity index (χ4n) is 3.83. The number of likely N-dealkylation sites (tertiary alicyclic amines) is 1. The largest absolute Gasteiger partial charge is 0.505 e. The molecule has 4 rings (SSSR count). The number of amidine groups is 2. The van der Waals surface area contributed by atoms with Crippen LogP contribution in [0.2, 0.25) is 0 Å². The molecule has 0 spiro atoms. The Morgan fingerprint density at radius 3 is 2.69 bits per heavy atom. The van der Waals surface area contributed by atoms with Crippen LogP contribution in [0.1, 0.15) is 60.3 Å². The van der Waals surface area contributed by atoms with Gasteiger partial charge < -0.3 is 25.1 Å². The number of aryl methyl sites for hydroxylation is 1. The van der Waals surface area contributed by atoms with Crippen molar-refractivity contribution in [1.29, 1.82) is 0 Å². The number of anilines is 1. The fourth-order valence-corrected chi connectivity index (χ4v) is 4.45. The summed E-state index contributed by atoms with van der Waals surface area (Å²) in [5, 5.41) is 17.0. The van der Waals surface area contributed by atoms with E-state index in [9.17, 15) is 14.1 Å². The molecule has 0 bridgehead atoms. The predicted molar refractivity (Wildman–Crippen MR) is 124 cm³/mol. The monoisotopic (exact) mass is 457 g/mol. The number of hydrogen-bond donors (Lipinski definition) is 3. The van der Waals surface area contributed by atoms with E-state index in [0.717, 1.165) is 30.6 Å². The van der Waals surface area contributed by atoms with Crippen molar-refractivity contribution in [2.75, 3.05) is 18.4 Å². The van der Waals surface area contributed by atoms with Crippen molar-refractivity contribution >= 4 is 34.4 Å². The standard InChI is InChI=1S/C22H27N5O4S/c1-3-16(18-12-14(2)13-31-18)23-20-21(26-32(30)25-20)24-17-9-7-8-15(19(17)28)22(29)27-10-5-4-6-11-27/h7-9,12-13,16,28H,3-6,10-11H2,1-2H3,(H,23,25)(H,24,26)/t16-,32?/m1/s1. The van der Waals surface area contributed by atoms with Crippen molar-refractivity contribution in [3.05, 3.63) is 47.4 Å². The molecule has 1 aromatic carbocycles.